The molecule has 0 aliphatic carbocycles. The van der Waals surface area contributed by atoms with Gasteiger partial charge in [-0.05, 0) is 18.1 Å². The third kappa shape index (κ3) is 4.63. The van der Waals surface area contributed by atoms with Crippen LogP contribution < -0.4 is 5.32 Å². The van der Waals surface area contributed by atoms with Crippen molar-refractivity contribution in [3.8, 4) is 0 Å². The molecule has 4 heteroatoms. The molecule has 1 unspecified atom stereocenters. The van der Waals surface area contributed by atoms with Crippen LogP contribution in [0.4, 0.5) is 0 Å². The van der Waals surface area contributed by atoms with Gasteiger partial charge in [-0.3, -0.25) is 0 Å². The van der Waals surface area contributed by atoms with E-state index in [1.807, 2.05) is 12.1 Å². The number of hydrogen-bond acceptors (Lipinski definition) is 4. The van der Waals surface area contributed by atoms with Crippen LogP contribution in [0, 0.1) is 0 Å². The van der Waals surface area contributed by atoms with E-state index in [-0.39, 0.29) is 12.6 Å². The molecule has 1 aromatic heterocycles. The van der Waals surface area contributed by atoms with Crippen molar-refractivity contribution < 1.29 is 5.11 Å². The summed E-state index contributed by atoms with van der Waals surface area (Å²) in [5.74, 6) is 0.511. The van der Waals surface area contributed by atoms with E-state index in [0.717, 1.165) is 18.5 Å². The van der Waals surface area contributed by atoms with Crippen molar-refractivity contribution in [2.45, 2.75) is 45.8 Å². The zero-order valence-electron chi connectivity index (χ0n) is 13.0. The predicted molar refractivity (Wildman–Crippen MR) is 88.7 cm³/mol. The minimum atomic E-state index is 0.0946. The molecule has 1 heterocycles. The molecule has 1 atom stereocenters. The zero-order chi connectivity index (χ0) is 15.2. The van der Waals surface area contributed by atoms with Gasteiger partial charge in [0.1, 0.15) is 0 Å². The second-order valence-corrected chi connectivity index (χ2v) is 6.55. The average molecular weight is 304 g/mol. The van der Waals surface area contributed by atoms with Crippen molar-refractivity contribution >= 4 is 11.3 Å². The average Bonchev–Trinajstić information content (AvgIpc) is 2.96. The van der Waals surface area contributed by atoms with Crippen LogP contribution >= 0.6 is 11.3 Å². The van der Waals surface area contributed by atoms with E-state index >= 15 is 0 Å². The second kappa shape index (κ2) is 7.69. The van der Waals surface area contributed by atoms with Crippen molar-refractivity contribution in [1.29, 1.82) is 0 Å². The van der Waals surface area contributed by atoms with Crippen molar-refractivity contribution in [3.63, 3.8) is 0 Å². The summed E-state index contributed by atoms with van der Waals surface area (Å²) in [5, 5.41) is 16.1. The number of nitrogens with zero attached hydrogens (tertiary/aromatic N) is 1. The van der Waals surface area contributed by atoms with Crippen LogP contribution in [-0.2, 0) is 13.0 Å². The molecule has 3 nitrogen and oxygen atoms in total. The molecule has 0 aliphatic rings. The van der Waals surface area contributed by atoms with Gasteiger partial charge in [0.05, 0.1) is 17.3 Å². The van der Waals surface area contributed by atoms with Gasteiger partial charge in [0.2, 0.25) is 0 Å². The molecule has 0 aliphatic heterocycles. The van der Waals surface area contributed by atoms with E-state index in [9.17, 15) is 5.11 Å². The molecule has 0 saturated carbocycles. The molecule has 0 fully saturated rings. The van der Waals surface area contributed by atoms with E-state index in [2.05, 4.69) is 48.6 Å². The van der Waals surface area contributed by atoms with Gasteiger partial charge >= 0.3 is 0 Å². The maximum Gasteiger partial charge on any atom is 0.0953 e. The lowest BCUT2D eigenvalue weighted by Gasteiger charge is -2.14. The Kier molecular flexibility index (Phi) is 5.91. The lowest BCUT2D eigenvalue weighted by molar-refractivity contribution is 0.281. The van der Waals surface area contributed by atoms with Crippen LogP contribution in [-0.4, -0.2) is 16.6 Å². The Balaban J connectivity index is 1.84. The summed E-state index contributed by atoms with van der Waals surface area (Å²) in [5.41, 5.74) is 3.34. The Hall–Kier alpha value is -1.23. The van der Waals surface area contributed by atoms with Crippen molar-refractivity contribution in [1.82, 2.24) is 10.3 Å². The maximum absolute atomic E-state index is 9.19. The lowest BCUT2D eigenvalue weighted by atomic mass is 10.1. The number of aliphatic hydroxyl groups excluding tert-OH is 1. The fourth-order valence-corrected chi connectivity index (χ4v) is 3.07. The highest BCUT2D eigenvalue weighted by atomic mass is 32.1. The molecule has 2 rings (SSSR count). The van der Waals surface area contributed by atoms with E-state index in [1.54, 1.807) is 11.3 Å². The van der Waals surface area contributed by atoms with Crippen LogP contribution in [0.3, 0.4) is 0 Å². The first-order chi connectivity index (χ1) is 10.1. The third-order valence-corrected chi connectivity index (χ3v) is 4.72. The van der Waals surface area contributed by atoms with Crippen LogP contribution in [0.25, 0.3) is 0 Å². The topological polar surface area (TPSA) is 45.2 Å². The van der Waals surface area contributed by atoms with Gasteiger partial charge in [0, 0.05) is 30.3 Å². The van der Waals surface area contributed by atoms with E-state index in [4.69, 9.17) is 0 Å². The largest absolute Gasteiger partial charge is 0.392 e. The molecule has 0 bridgehead atoms. The van der Waals surface area contributed by atoms with Gasteiger partial charge < -0.3 is 10.4 Å². The number of benzene rings is 1. The highest BCUT2D eigenvalue weighted by Crippen LogP contribution is 2.19. The van der Waals surface area contributed by atoms with Gasteiger partial charge in [-0.2, -0.15) is 0 Å². The fraction of sp³-hybridized carbons (Fsp3) is 0.471. The van der Waals surface area contributed by atoms with Crippen molar-refractivity contribution in [2.24, 2.45) is 0 Å². The number of rotatable bonds is 7. The van der Waals surface area contributed by atoms with Crippen LogP contribution in [0.5, 0.6) is 0 Å². The van der Waals surface area contributed by atoms with Crippen LogP contribution in [0.1, 0.15) is 54.6 Å². The standard InChI is InChI=1S/C17H24N2OS/c1-12(2)17-19-16(11-21-17)7-8-18-13(3)15-6-4-5-14(9-15)10-20/h4-6,9,11-13,18,20H,7-8,10H2,1-3H3. The number of aliphatic hydroxyl groups is 1. The molecule has 2 aromatic rings. The van der Waals surface area contributed by atoms with Gasteiger partial charge in [-0.1, -0.05) is 38.1 Å². The SMILES string of the molecule is CC(C)c1nc(CCNC(C)c2cccc(CO)c2)cs1. The Labute approximate surface area is 131 Å². The van der Waals surface area contributed by atoms with E-state index in [0.29, 0.717) is 5.92 Å². The minimum Gasteiger partial charge on any atom is -0.392 e. The first kappa shape index (κ1) is 16.1. The number of nitrogens with one attached hydrogen (secondary N) is 1. The highest BCUT2D eigenvalue weighted by molar-refractivity contribution is 7.09. The summed E-state index contributed by atoms with van der Waals surface area (Å²) < 4.78 is 0. The zero-order valence-corrected chi connectivity index (χ0v) is 13.8. The molecule has 2 N–H and O–H groups in total. The molecule has 0 saturated heterocycles. The van der Waals surface area contributed by atoms with Crippen LogP contribution in [0.15, 0.2) is 29.6 Å². The molecule has 0 spiro atoms. The van der Waals surface area contributed by atoms with Crippen LogP contribution in [0.2, 0.25) is 0 Å². The number of aromatic nitrogens is 1. The van der Waals surface area contributed by atoms with Crippen molar-refractivity contribution in [3.05, 3.63) is 51.5 Å². The number of thiazole rings is 1. The molecule has 0 radical (unpaired) electrons. The fourth-order valence-electron chi connectivity index (χ4n) is 2.20. The third-order valence-electron chi connectivity index (χ3n) is 3.53. The summed E-state index contributed by atoms with van der Waals surface area (Å²) in [4.78, 5) is 4.65. The van der Waals surface area contributed by atoms with Gasteiger partial charge in [-0.25, -0.2) is 4.98 Å². The summed E-state index contributed by atoms with van der Waals surface area (Å²) in [6, 6.07) is 8.36. The first-order valence-corrected chi connectivity index (χ1v) is 8.35. The van der Waals surface area contributed by atoms with Gasteiger partial charge in [0.25, 0.3) is 0 Å². The first-order valence-electron chi connectivity index (χ1n) is 7.47. The Morgan fingerprint density at radius 2 is 2.10 bits per heavy atom. The molecular weight excluding hydrogens is 280 g/mol. The van der Waals surface area contributed by atoms with Gasteiger partial charge in [0.15, 0.2) is 0 Å². The molecular formula is C17H24N2OS. The smallest absolute Gasteiger partial charge is 0.0953 e. The highest BCUT2D eigenvalue weighted by Gasteiger charge is 2.08. The molecule has 0 amide bonds. The molecule has 21 heavy (non-hydrogen) atoms. The Morgan fingerprint density at radius 1 is 1.29 bits per heavy atom. The predicted octanol–water partition coefficient (Wildman–Crippen LogP) is 3.65. The monoisotopic (exact) mass is 304 g/mol. The molecule has 114 valence electrons. The second-order valence-electron chi connectivity index (χ2n) is 5.66. The summed E-state index contributed by atoms with van der Waals surface area (Å²) >= 11 is 1.75. The Morgan fingerprint density at radius 3 is 2.76 bits per heavy atom. The van der Waals surface area contributed by atoms with E-state index < -0.39 is 0 Å². The summed E-state index contributed by atoms with van der Waals surface area (Å²) in [7, 11) is 0. The summed E-state index contributed by atoms with van der Waals surface area (Å²) in [6.45, 7) is 7.51. The maximum atomic E-state index is 9.19. The molecule has 1 aromatic carbocycles. The van der Waals surface area contributed by atoms with Crippen molar-refractivity contribution in [2.75, 3.05) is 6.54 Å². The Bertz CT molecular complexity index is 565. The summed E-state index contributed by atoms with van der Waals surface area (Å²) in [6.07, 6.45) is 0.952. The minimum absolute atomic E-state index is 0.0946. The number of hydrogen-bond donors (Lipinski definition) is 2. The van der Waals surface area contributed by atoms with Gasteiger partial charge in [-0.15, -0.1) is 11.3 Å². The lowest BCUT2D eigenvalue weighted by Crippen LogP contribution is -2.21. The normalized spacial score (nSPS) is 12.8. The quantitative estimate of drug-likeness (QED) is 0.820. The van der Waals surface area contributed by atoms with E-state index in [1.165, 1.54) is 16.3 Å².